The van der Waals surface area contributed by atoms with Gasteiger partial charge in [-0.3, -0.25) is 9.59 Å². The lowest BCUT2D eigenvalue weighted by Gasteiger charge is -2.53. The number of fused-ring (bicyclic) bond motifs is 4. The molecule has 2 fully saturated rings. The van der Waals surface area contributed by atoms with Gasteiger partial charge in [-0.1, -0.05) is 48.5 Å². The standard InChI is InChI=1S/C29H35N3O6/c1-29(2)21-14-19-16-32(13-12-23(19)37-26(21)20-10-6-7-11-24(20)38-29)27(34)22(15-25(30)33)31-28(35)36-17-18-8-4-3-5-9-18/h3-11,19,21-23,26H,12-17H2,1-2H3,(H2,30,33)(H,31,35)/t19-,21+,22+,23+,26-/m1/s1. The number of piperidine rings is 1. The monoisotopic (exact) mass is 521 g/mol. The molecule has 3 aliphatic rings. The molecule has 2 aromatic rings. The van der Waals surface area contributed by atoms with E-state index in [9.17, 15) is 14.4 Å². The second kappa shape index (κ2) is 10.6. The first-order valence-corrected chi connectivity index (χ1v) is 13.2. The molecule has 3 aliphatic heterocycles. The van der Waals surface area contributed by atoms with E-state index in [0.29, 0.717) is 19.5 Å². The third kappa shape index (κ3) is 5.48. The maximum Gasteiger partial charge on any atom is 0.408 e. The molecule has 5 rings (SSSR count). The van der Waals surface area contributed by atoms with Crippen LogP contribution in [0.15, 0.2) is 54.6 Å². The van der Waals surface area contributed by atoms with Gasteiger partial charge in [0.25, 0.3) is 0 Å². The van der Waals surface area contributed by atoms with Crippen molar-refractivity contribution in [2.45, 2.75) is 63.6 Å². The highest BCUT2D eigenvalue weighted by Gasteiger charge is 2.51. The fraction of sp³-hybridized carbons (Fsp3) is 0.483. The van der Waals surface area contributed by atoms with Gasteiger partial charge in [0.1, 0.15) is 24.0 Å². The normalized spacial score (nSPS) is 26.0. The lowest BCUT2D eigenvalue weighted by Crippen LogP contribution is -2.58. The van der Waals surface area contributed by atoms with Crippen LogP contribution in [0.25, 0.3) is 0 Å². The first-order valence-electron chi connectivity index (χ1n) is 13.2. The van der Waals surface area contributed by atoms with E-state index in [4.69, 9.17) is 19.9 Å². The Morgan fingerprint density at radius 2 is 1.87 bits per heavy atom. The molecule has 0 unspecified atom stereocenters. The van der Waals surface area contributed by atoms with Crippen LogP contribution in [0.4, 0.5) is 4.79 Å². The second-order valence-electron chi connectivity index (χ2n) is 10.9. The van der Waals surface area contributed by atoms with E-state index in [1.807, 2.05) is 48.5 Å². The highest BCUT2D eigenvalue weighted by molar-refractivity contribution is 5.90. The summed E-state index contributed by atoms with van der Waals surface area (Å²) in [7, 11) is 0. The fourth-order valence-electron chi connectivity index (χ4n) is 5.98. The van der Waals surface area contributed by atoms with Gasteiger partial charge >= 0.3 is 6.09 Å². The number of nitrogens with one attached hydrogen (secondary N) is 1. The second-order valence-corrected chi connectivity index (χ2v) is 10.9. The highest BCUT2D eigenvalue weighted by Crippen LogP contribution is 2.52. The third-order valence-electron chi connectivity index (χ3n) is 7.92. The van der Waals surface area contributed by atoms with Crippen molar-refractivity contribution in [1.29, 1.82) is 0 Å². The summed E-state index contributed by atoms with van der Waals surface area (Å²) in [6, 6.07) is 16.2. The van der Waals surface area contributed by atoms with Gasteiger partial charge in [0.05, 0.1) is 18.6 Å². The molecule has 202 valence electrons. The van der Waals surface area contributed by atoms with Crippen molar-refractivity contribution in [1.82, 2.24) is 10.2 Å². The van der Waals surface area contributed by atoms with Crippen molar-refractivity contribution in [2.75, 3.05) is 13.1 Å². The summed E-state index contributed by atoms with van der Waals surface area (Å²) < 4.78 is 18.3. The van der Waals surface area contributed by atoms with Gasteiger partial charge in [0, 0.05) is 30.5 Å². The van der Waals surface area contributed by atoms with Crippen LogP contribution >= 0.6 is 0 Å². The van der Waals surface area contributed by atoms with E-state index < -0.39 is 23.6 Å². The Kier molecular flexibility index (Phi) is 7.29. The molecule has 9 heteroatoms. The molecule has 0 aromatic heterocycles. The zero-order valence-corrected chi connectivity index (χ0v) is 21.8. The lowest BCUT2D eigenvalue weighted by atomic mass is 9.70. The Labute approximate surface area is 222 Å². The van der Waals surface area contributed by atoms with E-state index in [1.54, 1.807) is 4.90 Å². The first kappa shape index (κ1) is 26.0. The molecule has 9 nitrogen and oxygen atoms in total. The van der Waals surface area contributed by atoms with Crippen LogP contribution in [-0.2, 0) is 25.7 Å². The van der Waals surface area contributed by atoms with Crippen molar-refractivity contribution >= 4 is 17.9 Å². The molecule has 3 heterocycles. The zero-order chi connectivity index (χ0) is 26.9. The molecule has 2 aromatic carbocycles. The summed E-state index contributed by atoms with van der Waals surface area (Å²) in [5.74, 6) is 0.0858. The molecule has 5 atom stereocenters. The van der Waals surface area contributed by atoms with Crippen molar-refractivity contribution in [3.63, 3.8) is 0 Å². The maximum atomic E-state index is 13.5. The van der Waals surface area contributed by atoms with Crippen LogP contribution < -0.4 is 15.8 Å². The number of likely N-dealkylation sites (tertiary alicyclic amines) is 1. The molecule has 3 N–H and O–H groups in total. The minimum absolute atomic E-state index is 0.0145. The molecule has 0 spiro atoms. The molecule has 0 aliphatic carbocycles. The van der Waals surface area contributed by atoms with Gasteiger partial charge < -0.3 is 30.2 Å². The van der Waals surface area contributed by atoms with E-state index in [-0.39, 0.29) is 43.0 Å². The summed E-state index contributed by atoms with van der Waals surface area (Å²) in [5, 5.41) is 2.55. The smallest absolute Gasteiger partial charge is 0.408 e. The number of ether oxygens (including phenoxy) is 3. The van der Waals surface area contributed by atoms with Crippen molar-refractivity contribution < 1.29 is 28.6 Å². The number of nitrogens with two attached hydrogens (primary N) is 1. The minimum atomic E-state index is -1.09. The molecule has 3 amide bonds. The number of rotatable bonds is 6. The quantitative estimate of drug-likeness (QED) is 0.602. The number of primary amides is 1. The van der Waals surface area contributed by atoms with Crippen LogP contribution in [0.1, 0.15) is 50.3 Å². The molecule has 0 bridgehead atoms. The topological polar surface area (TPSA) is 120 Å². The van der Waals surface area contributed by atoms with Crippen molar-refractivity contribution in [3.05, 3.63) is 65.7 Å². The summed E-state index contributed by atoms with van der Waals surface area (Å²) in [6.07, 6.45) is 0.399. The Bertz CT molecular complexity index is 1190. The predicted octanol–water partition coefficient (Wildman–Crippen LogP) is 3.32. The number of alkyl carbamates (subject to hydrolysis) is 1. The van der Waals surface area contributed by atoms with E-state index >= 15 is 0 Å². The number of hydrogen-bond donors (Lipinski definition) is 2. The fourth-order valence-corrected chi connectivity index (χ4v) is 5.98. The van der Waals surface area contributed by atoms with Gasteiger partial charge in [-0.15, -0.1) is 0 Å². The van der Waals surface area contributed by atoms with Crippen molar-refractivity contribution in [3.8, 4) is 5.75 Å². The van der Waals surface area contributed by atoms with E-state index in [1.165, 1.54) is 0 Å². The number of benzene rings is 2. The summed E-state index contributed by atoms with van der Waals surface area (Å²) >= 11 is 0. The SMILES string of the molecule is CC1(C)Oc2ccccc2[C@H]2O[C@H]3CCN(C(=O)[C@H](CC(N)=O)NC(=O)OCc4ccccc4)C[C@H]3C[C@@H]21. The summed E-state index contributed by atoms with van der Waals surface area (Å²) in [6.45, 7) is 5.17. The molecule has 0 radical (unpaired) electrons. The van der Waals surface area contributed by atoms with E-state index in [0.717, 1.165) is 23.3 Å². The zero-order valence-electron chi connectivity index (χ0n) is 21.8. The Hall–Kier alpha value is -3.59. The number of carbonyl (C=O) groups is 3. The molecule has 0 saturated carbocycles. The van der Waals surface area contributed by atoms with Crippen LogP contribution in [0.5, 0.6) is 5.75 Å². The number of amides is 3. The largest absolute Gasteiger partial charge is 0.487 e. The Morgan fingerprint density at radius 3 is 2.63 bits per heavy atom. The van der Waals surface area contributed by atoms with Gasteiger partial charge in [-0.05, 0) is 38.3 Å². The van der Waals surface area contributed by atoms with Crippen molar-refractivity contribution in [2.24, 2.45) is 17.6 Å². The number of para-hydroxylation sites is 1. The maximum absolute atomic E-state index is 13.5. The first-order chi connectivity index (χ1) is 18.2. The highest BCUT2D eigenvalue weighted by atomic mass is 16.5. The molecule has 2 saturated heterocycles. The average Bonchev–Trinajstić information content (AvgIpc) is 2.90. The average molecular weight is 522 g/mol. The molecular formula is C29H35N3O6. The van der Waals surface area contributed by atoms with Crippen LogP contribution in [0.3, 0.4) is 0 Å². The number of carbonyl (C=O) groups excluding carboxylic acids is 3. The number of hydrogen-bond acceptors (Lipinski definition) is 6. The summed E-state index contributed by atoms with van der Waals surface area (Å²) in [5.41, 5.74) is 6.88. The van der Waals surface area contributed by atoms with Crippen LogP contribution in [0, 0.1) is 11.8 Å². The minimum Gasteiger partial charge on any atom is -0.487 e. The predicted molar refractivity (Wildman–Crippen MR) is 139 cm³/mol. The third-order valence-corrected chi connectivity index (χ3v) is 7.92. The van der Waals surface area contributed by atoms with E-state index in [2.05, 4.69) is 25.2 Å². The van der Waals surface area contributed by atoms with Gasteiger partial charge in [-0.25, -0.2) is 4.79 Å². The lowest BCUT2D eigenvalue weighted by molar-refractivity contribution is -0.189. The van der Waals surface area contributed by atoms with Crippen LogP contribution in [-0.4, -0.2) is 53.6 Å². The van der Waals surface area contributed by atoms with Gasteiger partial charge in [0.15, 0.2) is 0 Å². The van der Waals surface area contributed by atoms with Gasteiger partial charge in [-0.2, -0.15) is 0 Å². The number of nitrogens with zero attached hydrogens (tertiary/aromatic N) is 1. The summed E-state index contributed by atoms with van der Waals surface area (Å²) in [4.78, 5) is 39.4. The Morgan fingerprint density at radius 1 is 1.13 bits per heavy atom. The van der Waals surface area contributed by atoms with Crippen LogP contribution in [0.2, 0.25) is 0 Å². The molecule has 38 heavy (non-hydrogen) atoms. The Balaban J connectivity index is 1.24. The van der Waals surface area contributed by atoms with Gasteiger partial charge in [0.2, 0.25) is 11.8 Å². The molecular weight excluding hydrogens is 486 g/mol.